The number of ether oxygens (including phenoxy) is 1. The molecule has 1 fully saturated rings. The number of aromatic hydroxyl groups is 1. The average molecular weight is 571 g/mol. The number of phenols is 1. The number of carbonyl (C=O) groups is 1. The van der Waals surface area contributed by atoms with Crippen LogP contribution in [0.25, 0.3) is 11.5 Å². The normalized spacial score (nSPS) is 16.6. The van der Waals surface area contributed by atoms with Crippen molar-refractivity contribution in [2.45, 2.75) is 57.8 Å². The summed E-state index contributed by atoms with van der Waals surface area (Å²) in [5, 5.41) is 23.7. The van der Waals surface area contributed by atoms with Gasteiger partial charge < -0.3 is 25.0 Å². The van der Waals surface area contributed by atoms with Crippen LogP contribution in [0.3, 0.4) is 0 Å². The summed E-state index contributed by atoms with van der Waals surface area (Å²) < 4.78 is 56.5. The summed E-state index contributed by atoms with van der Waals surface area (Å²) in [5.41, 5.74) is 0.846. The van der Waals surface area contributed by atoms with Crippen LogP contribution in [-0.2, 0) is 17.7 Å². The van der Waals surface area contributed by atoms with E-state index >= 15 is 8.78 Å². The van der Waals surface area contributed by atoms with Crippen LogP contribution in [0.1, 0.15) is 59.9 Å². The summed E-state index contributed by atoms with van der Waals surface area (Å²) in [5.74, 6) is -6.69. The molecule has 1 aliphatic carbocycles. The third-order valence-electron chi connectivity index (χ3n) is 7.06. The van der Waals surface area contributed by atoms with E-state index in [9.17, 15) is 14.3 Å². The smallest absolute Gasteiger partial charge is 0.264 e. The van der Waals surface area contributed by atoms with E-state index in [0.29, 0.717) is 11.3 Å². The first-order valence-corrected chi connectivity index (χ1v) is 13.1. The molecule has 0 radical (unpaired) electrons. The lowest BCUT2D eigenvalue weighted by atomic mass is 9.89. The van der Waals surface area contributed by atoms with Crippen LogP contribution in [0, 0.1) is 17.5 Å². The molecule has 1 aliphatic rings. The van der Waals surface area contributed by atoms with Crippen molar-refractivity contribution in [3.63, 3.8) is 0 Å². The SMILES string of the molecule is COC1CC(NC(=O)c2ccc(CNc3noc(-c4c(F)c(O)c(F)c(F)c4Cc4ccnn4C(C)C)n3)cc2)C1. The Morgan fingerprint density at radius 2 is 1.88 bits per heavy atom. The summed E-state index contributed by atoms with van der Waals surface area (Å²) in [6.07, 6.45) is 3.01. The molecule has 10 nitrogen and oxygen atoms in total. The second kappa shape index (κ2) is 11.6. The van der Waals surface area contributed by atoms with Crippen LogP contribution in [0.4, 0.5) is 19.1 Å². The van der Waals surface area contributed by atoms with Gasteiger partial charge in [0.2, 0.25) is 5.82 Å². The first kappa shape index (κ1) is 28.1. The van der Waals surface area contributed by atoms with E-state index in [4.69, 9.17) is 9.26 Å². The maximum atomic E-state index is 15.1. The summed E-state index contributed by atoms with van der Waals surface area (Å²) >= 11 is 0. The molecule has 1 amide bonds. The molecule has 0 atom stereocenters. The van der Waals surface area contributed by atoms with Crippen LogP contribution in [0.2, 0.25) is 0 Å². The number of hydrogen-bond acceptors (Lipinski definition) is 8. The number of halogens is 3. The molecule has 41 heavy (non-hydrogen) atoms. The molecule has 0 unspecified atom stereocenters. The largest absolute Gasteiger partial charge is 0.503 e. The third-order valence-corrected chi connectivity index (χ3v) is 7.06. The van der Waals surface area contributed by atoms with Crippen LogP contribution < -0.4 is 10.6 Å². The Morgan fingerprint density at radius 1 is 1.15 bits per heavy atom. The first-order chi connectivity index (χ1) is 19.7. The topological polar surface area (TPSA) is 127 Å². The number of aromatic nitrogens is 4. The number of rotatable bonds is 10. The monoisotopic (exact) mass is 570 g/mol. The Morgan fingerprint density at radius 3 is 2.56 bits per heavy atom. The highest BCUT2D eigenvalue weighted by Crippen LogP contribution is 2.37. The summed E-state index contributed by atoms with van der Waals surface area (Å²) in [7, 11) is 1.65. The minimum Gasteiger partial charge on any atom is -0.503 e. The van der Waals surface area contributed by atoms with Crippen molar-refractivity contribution < 1.29 is 32.3 Å². The summed E-state index contributed by atoms with van der Waals surface area (Å²) in [6.45, 7) is 3.94. The molecule has 4 aromatic rings. The van der Waals surface area contributed by atoms with Gasteiger partial charge in [0.1, 0.15) is 0 Å². The zero-order chi connectivity index (χ0) is 29.3. The number of methoxy groups -OCH3 is 1. The Bertz CT molecular complexity index is 1550. The highest BCUT2D eigenvalue weighted by molar-refractivity contribution is 5.94. The maximum absolute atomic E-state index is 15.1. The molecule has 0 bridgehead atoms. The van der Waals surface area contributed by atoms with E-state index in [1.54, 1.807) is 42.1 Å². The minimum atomic E-state index is -1.71. The Kier molecular flexibility index (Phi) is 7.97. The molecular weight excluding hydrogens is 541 g/mol. The Hall–Kier alpha value is -4.39. The van der Waals surface area contributed by atoms with Gasteiger partial charge in [-0.15, -0.1) is 0 Å². The molecule has 0 spiro atoms. The second-order valence-corrected chi connectivity index (χ2v) is 10.2. The van der Waals surface area contributed by atoms with Crippen molar-refractivity contribution in [1.29, 1.82) is 0 Å². The fourth-order valence-electron chi connectivity index (χ4n) is 4.71. The molecule has 2 aromatic carbocycles. The fourth-order valence-corrected chi connectivity index (χ4v) is 4.71. The zero-order valence-corrected chi connectivity index (χ0v) is 22.6. The molecule has 216 valence electrons. The molecular formula is C28H29F3N6O4. The highest BCUT2D eigenvalue weighted by atomic mass is 19.2. The molecule has 2 aromatic heterocycles. The van der Waals surface area contributed by atoms with E-state index in [2.05, 4.69) is 25.9 Å². The maximum Gasteiger partial charge on any atom is 0.264 e. The predicted octanol–water partition coefficient (Wildman–Crippen LogP) is 4.75. The van der Waals surface area contributed by atoms with Gasteiger partial charge in [-0.05, 0) is 55.6 Å². The van der Waals surface area contributed by atoms with Crippen molar-refractivity contribution in [3.05, 3.63) is 76.4 Å². The van der Waals surface area contributed by atoms with Crippen molar-refractivity contribution in [1.82, 2.24) is 25.2 Å². The molecule has 0 saturated heterocycles. The Balaban J connectivity index is 1.30. The van der Waals surface area contributed by atoms with E-state index in [0.717, 1.165) is 18.4 Å². The van der Waals surface area contributed by atoms with Crippen molar-refractivity contribution >= 4 is 11.9 Å². The van der Waals surface area contributed by atoms with E-state index in [-0.39, 0.29) is 43.0 Å². The standard InChI is InChI=1S/C28H29F3N6O4/c1-14(2)37-18(8-9-33-37)12-20-21(23(30)25(38)24(31)22(20)29)27-35-28(36-41-27)32-13-15-4-6-16(7-5-15)26(39)34-17-10-19(11-17)40-3/h4-9,14,17,19,38H,10-13H2,1-3H3,(H,32,36)(H,34,39). The van der Waals surface area contributed by atoms with Gasteiger partial charge in [-0.3, -0.25) is 9.48 Å². The lowest BCUT2D eigenvalue weighted by Gasteiger charge is -2.34. The quantitative estimate of drug-likeness (QED) is 0.233. The zero-order valence-electron chi connectivity index (χ0n) is 22.6. The molecule has 1 saturated carbocycles. The van der Waals surface area contributed by atoms with Gasteiger partial charge in [0.05, 0.1) is 11.7 Å². The predicted molar refractivity (Wildman–Crippen MR) is 142 cm³/mol. The van der Waals surface area contributed by atoms with Gasteiger partial charge >= 0.3 is 0 Å². The average Bonchev–Trinajstić information content (AvgIpc) is 3.61. The molecule has 5 rings (SSSR count). The highest BCUT2D eigenvalue weighted by Gasteiger charge is 2.31. The lowest BCUT2D eigenvalue weighted by Crippen LogP contribution is -2.47. The second-order valence-electron chi connectivity index (χ2n) is 10.2. The number of amides is 1. The van der Waals surface area contributed by atoms with E-state index < -0.39 is 40.2 Å². The van der Waals surface area contributed by atoms with E-state index in [1.165, 1.54) is 6.20 Å². The molecule has 3 N–H and O–H groups in total. The fraction of sp³-hybridized carbons (Fsp3) is 0.357. The number of carbonyl (C=O) groups excluding carboxylic acids is 1. The molecule has 13 heteroatoms. The molecule has 0 aliphatic heterocycles. The van der Waals surface area contributed by atoms with Crippen molar-refractivity contribution in [2.24, 2.45) is 0 Å². The van der Waals surface area contributed by atoms with Gasteiger partial charge in [-0.2, -0.15) is 14.5 Å². The van der Waals surface area contributed by atoms with Crippen molar-refractivity contribution in [3.8, 4) is 17.2 Å². The number of hydrogen-bond donors (Lipinski definition) is 3. The molecule has 2 heterocycles. The van der Waals surface area contributed by atoms with Crippen LogP contribution in [-0.4, -0.2) is 50.2 Å². The number of nitrogens with one attached hydrogen (secondary N) is 2. The minimum absolute atomic E-state index is 0.0405. The van der Waals surface area contributed by atoms with Crippen LogP contribution in [0.5, 0.6) is 5.75 Å². The lowest BCUT2D eigenvalue weighted by molar-refractivity contribution is 0.0176. The van der Waals surface area contributed by atoms with Gasteiger partial charge in [-0.1, -0.05) is 12.1 Å². The summed E-state index contributed by atoms with van der Waals surface area (Å²) in [4.78, 5) is 16.5. The first-order valence-electron chi connectivity index (χ1n) is 13.1. The number of anilines is 1. The Labute approximate surface area is 233 Å². The number of nitrogens with zero attached hydrogens (tertiary/aromatic N) is 4. The number of phenolic OH excluding ortho intramolecular Hbond substituents is 1. The summed E-state index contributed by atoms with van der Waals surface area (Å²) in [6, 6.07) is 8.50. The van der Waals surface area contributed by atoms with Crippen LogP contribution >= 0.6 is 0 Å². The van der Waals surface area contributed by atoms with Gasteiger partial charge in [0, 0.05) is 55.2 Å². The van der Waals surface area contributed by atoms with Gasteiger partial charge in [0.15, 0.2) is 17.4 Å². The van der Waals surface area contributed by atoms with Crippen LogP contribution in [0.15, 0.2) is 41.1 Å². The van der Waals surface area contributed by atoms with E-state index in [1.807, 2.05) is 13.8 Å². The van der Waals surface area contributed by atoms with Gasteiger partial charge in [0.25, 0.3) is 17.7 Å². The van der Waals surface area contributed by atoms with Gasteiger partial charge in [-0.25, -0.2) is 8.78 Å². The third kappa shape index (κ3) is 5.75. The number of benzene rings is 2. The van der Waals surface area contributed by atoms with Crippen molar-refractivity contribution in [2.75, 3.05) is 12.4 Å².